The van der Waals surface area contributed by atoms with Crippen molar-refractivity contribution in [2.24, 2.45) is 0 Å². The maximum atomic E-state index is 11.9. The molecule has 0 saturated carbocycles. The molecule has 0 aliphatic rings. The van der Waals surface area contributed by atoms with Gasteiger partial charge in [0.25, 0.3) is 0 Å². The third-order valence-electron chi connectivity index (χ3n) is 5.03. The molecule has 3 aromatic heterocycles. The Morgan fingerprint density at radius 3 is 2.72 bits per heavy atom. The zero-order chi connectivity index (χ0) is 20.0. The molecule has 2 N–H and O–H groups in total. The van der Waals surface area contributed by atoms with Crippen molar-refractivity contribution >= 4 is 44.8 Å². The second-order valence-corrected chi connectivity index (χ2v) is 6.97. The second-order valence-electron chi connectivity index (χ2n) is 6.97. The van der Waals surface area contributed by atoms with Gasteiger partial charge in [-0.15, -0.1) is 0 Å². The highest BCUT2D eigenvalue weighted by Gasteiger charge is 2.19. The fourth-order valence-electron chi connectivity index (χ4n) is 3.68. The number of aromatic nitrogens is 3. The van der Waals surface area contributed by atoms with Gasteiger partial charge in [0.1, 0.15) is 16.9 Å². The molecule has 0 amide bonds. The first-order valence-corrected chi connectivity index (χ1v) is 9.28. The molecular weight excluding hydrogens is 368 g/mol. The summed E-state index contributed by atoms with van der Waals surface area (Å²) >= 11 is 0. The number of hydrogen-bond acceptors (Lipinski definition) is 6. The molecule has 29 heavy (non-hydrogen) atoms. The van der Waals surface area contributed by atoms with Crippen LogP contribution in [0.2, 0.25) is 0 Å². The van der Waals surface area contributed by atoms with E-state index in [9.17, 15) is 9.90 Å². The number of nitrogens with one attached hydrogen (secondary N) is 2. The van der Waals surface area contributed by atoms with Crippen molar-refractivity contribution in [2.45, 2.75) is 19.4 Å². The monoisotopic (exact) mass is 385 g/mol. The van der Waals surface area contributed by atoms with Crippen LogP contribution in [0.25, 0.3) is 33.0 Å². The Kier molecular flexibility index (Phi) is 3.94. The van der Waals surface area contributed by atoms with E-state index in [0.717, 1.165) is 21.9 Å². The second kappa shape index (κ2) is 6.63. The zero-order valence-electron chi connectivity index (χ0n) is 15.6. The summed E-state index contributed by atoms with van der Waals surface area (Å²) in [7, 11) is 0. The number of anilines is 1. The van der Waals surface area contributed by atoms with Crippen LogP contribution < -0.4 is 10.4 Å². The number of aliphatic carboxylic acids is 1. The predicted molar refractivity (Wildman–Crippen MR) is 108 cm³/mol. The lowest BCUT2D eigenvalue weighted by molar-refractivity contribution is -0.306. The van der Waals surface area contributed by atoms with Crippen molar-refractivity contribution in [2.75, 3.05) is 5.32 Å². The summed E-state index contributed by atoms with van der Waals surface area (Å²) in [5, 5.41) is 16.7. The smallest absolute Gasteiger partial charge is 0.196 e. The molecule has 5 aromatic rings. The van der Waals surface area contributed by atoms with Crippen molar-refractivity contribution in [1.82, 2.24) is 15.0 Å². The molecule has 2 aromatic carbocycles. The van der Waals surface area contributed by atoms with Gasteiger partial charge in [0.05, 0.1) is 12.0 Å². The maximum Gasteiger partial charge on any atom is 0.196 e. The number of furan rings is 1. The largest absolute Gasteiger partial charge is 0.548 e. The predicted octanol–water partition coefficient (Wildman–Crippen LogP) is 2.94. The Labute approximate surface area is 165 Å². The van der Waals surface area contributed by atoms with Crippen LogP contribution >= 0.6 is 0 Å². The van der Waals surface area contributed by atoms with Crippen molar-refractivity contribution in [3.05, 3.63) is 66.1 Å². The van der Waals surface area contributed by atoms with Crippen LogP contribution in [0.5, 0.6) is 0 Å². The van der Waals surface area contributed by atoms with E-state index in [1.807, 2.05) is 54.7 Å². The summed E-state index contributed by atoms with van der Waals surface area (Å²) in [5.41, 5.74) is 3.60. The molecule has 0 bridgehead atoms. The number of fused-ring (bicyclic) bond motifs is 4. The molecule has 0 fully saturated rings. The average molecular weight is 385 g/mol. The Balaban J connectivity index is 1.56. The third-order valence-corrected chi connectivity index (χ3v) is 5.03. The van der Waals surface area contributed by atoms with E-state index < -0.39 is 12.0 Å². The van der Waals surface area contributed by atoms with E-state index in [0.29, 0.717) is 28.3 Å². The Morgan fingerprint density at radius 2 is 1.90 bits per heavy atom. The first kappa shape index (κ1) is 17.2. The molecule has 0 unspecified atom stereocenters. The summed E-state index contributed by atoms with van der Waals surface area (Å²) in [4.78, 5) is 23.9. The molecule has 7 nitrogen and oxygen atoms in total. The summed E-state index contributed by atoms with van der Waals surface area (Å²) in [6, 6.07) is 14.3. The lowest BCUT2D eigenvalue weighted by Crippen LogP contribution is -2.42. The normalized spacial score (nSPS) is 12.6. The van der Waals surface area contributed by atoms with E-state index in [2.05, 4.69) is 20.3 Å². The lowest BCUT2D eigenvalue weighted by atomic mass is 10.0. The number of carboxylic acids is 1. The van der Waals surface area contributed by atoms with Gasteiger partial charge in [0.2, 0.25) is 0 Å². The van der Waals surface area contributed by atoms with Gasteiger partial charge in [-0.3, -0.25) is 0 Å². The van der Waals surface area contributed by atoms with E-state index >= 15 is 0 Å². The molecular formula is C22H17N4O3-. The van der Waals surface area contributed by atoms with Gasteiger partial charge in [-0.25, -0.2) is 9.97 Å². The van der Waals surface area contributed by atoms with Crippen LogP contribution in [-0.4, -0.2) is 27.0 Å². The van der Waals surface area contributed by atoms with Crippen LogP contribution in [0, 0.1) is 6.92 Å². The lowest BCUT2D eigenvalue weighted by Gasteiger charge is -2.20. The molecule has 144 valence electrons. The van der Waals surface area contributed by atoms with Gasteiger partial charge in [-0.05, 0) is 30.7 Å². The van der Waals surface area contributed by atoms with Crippen LogP contribution in [-0.2, 0) is 11.2 Å². The van der Waals surface area contributed by atoms with Gasteiger partial charge < -0.3 is 24.6 Å². The molecule has 7 heteroatoms. The van der Waals surface area contributed by atoms with Gasteiger partial charge in [-0.1, -0.05) is 30.3 Å². The van der Waals surface area contributed by atoms with Gasteiger partial charge >= 0.3 is 0 Å². The highest BCUT2D eigenvalue weighted by Crippen LogP contribution is 2.31. The number of aromatic amines is 1. The molecule has 1 atom stereocenters. The molecule has 0 aliphatic heterocycles. The number of carbonyl (C=O) groups is 1. The average Bonchev–Trinajstić information content (AvgIpc) is 3.29. The van der Waals surface area contributed by atoms with Crippen LogP contribution in [0.1, 0.15) is 11.4 Å². The van der Waals surface area contributed by atoms with Crippen molar-refractivity contribution < 1.29 is 14.3 Å². The van der Waals surface area contributed by atoms with Gasteiger partial charge in [0.15, 0.2) is 11.4 Å². The number of hydrogen-bond donors (Lipinski definition) is 2. The Bertz CT molecular complexity index is 1370. The molecule has 0 saturated heterocycles. The van der Waals surface area contributed by atoms with Gasteiger partial charge in [-0.2, -0.15) is 0 Å². The fourth-order valence-corrected chi connectivity index (χ4v) is 3.68. The molecule has 3 heterocycles. The minimum Gasteiger partial charge on any atom is -0.548 e. The number of carbonyl (C=O) groups excluding carboxylic acids is 1. The van der Waals surface area contributed by atoms with E-state index in [1.54, 1.807) is 6.92 Å². The summed E-state index contributed by atoms with van der Waals surface area (Å²) in [6.07, 6.45) is 2.06. The number of rotatable bonds is 5. The van der Waals surface area contributed by atoms with Crippen molar-refractivity contribution in [3.63, 3.8) is 0 Å². The summed E-state index contributed by atoms with van der Waals surface area (Å²) in [6.45, 7) is 1.76. The fraction of sp³-hybridized carbons (Fsp3) is 0.136. The number of carboxylic acid groups (broad SMARTS) is 1. The number of para-hydroxylation sites is 2. The Hall–Kier alpha value is -3.87. The van der Waals surface area contributed by atoms with E-state index in [-0.39, 0.29) is 6.42 Å². The highest BCUT2D eigenvalue weighted by molar-refractivity contribution is 6.05. The molecule has 0 spiro atoms. The SMILES string of the molecule is Cc1nc(N[C@@H](Cc2c[nH]c3ccccc23)C(=O)[O-])c2oc3ccccc3c2n1. The first-order valence-electron chi connectivity index (χ1n) is 9.28. The number of aryl methyl sites for hydroxylation is 1. The first-order chi connectivity index (χ1) is 14.1. The summed E-state index contributed by atoms with van der Waals surface area (Å²) in [5.74, 6) is -0.343. The number of H-pyrrole nitrogens is 1. The minimum atomic E-state index is -1.21. The molecule has 0 aliphatic carbocycles. The Morgan fingerprint density at radius 1 is 1.14 bits per heavy atom. The third kappa shape index (κ3) is 2.97. The van der Waals surface area contributed by atoms with Gasteiger partial charge in [0, 0.05) is 28.9 Å². The quantitative estimate of drug-likeness (QED) is 0.482. The number of benzene rings is 2. The maximum absolute atomic E-state index is 11.9. The van der Waals surface area contributed by atoms with Crippen molar-refractivity contribution in [3.8, 4) is 0 Å². The van der Waals surface area contributed by atoms with Crippen molar-refractivity contribution in [1.29, 1.82) is 0 Å². The topological polar surface area (TPSA) is 107 Å². The van der Waals surface area contributed by atoms with Crippen LogP contribution in [0.3, 0.4) is 0 Å². The standard InChI is InChI=1S/C22H18N4O3/c1-12-24-19-15-7-3-5-9-18(15)29-20(19)21(25-12)26-17(22(27)28)10-13-11-23-16-8-4-2-6-14(13)16/h2-9,11,17,23H,10H2,1H3,(H,27,28)(H,24,25,26)/p-1/t17-/m0/s1. The zero-order valence-corrected chi connectivity index (χ0v) is 15.6. The molecule has 0 radical (unpaired) electrons. The highest BCUT2D eigenvalue weighted by atomic mass is 16.4. The molecule has 5 rings (SSSR count). The van der Waals surface area contributed by atoms with E-state index in [1.165, 1.54) is 0 Å². The van der Waals surface area contributed by atoms with Crippen LogP contribution in [0.15, 0.2) is 59.1 Å². The number of nitrogens with zero attached hydrogens (tertiary/aromatic N) is 2. The minimum absolute atomic E-state index is 0.233. The summed E-state index contributed by atoms with van der Waals surface area (Å²) < 4.78 is 5.92. The van der Waals surface area contributed by atoms with Crippen LogP contribution in [0.4, 0.5) is 5.82 Å². The van der Waals surface area contributed by atoms with E-state index in [4.69, 9.17) is 4.42 Å².